The number of benzene rings is 1. The number of nitrogens with one attached hydrogen (secondary N) is 1. The molecule has 0 spiro atoms. The van der Waals surface area contributed by atoms with Crippen LogP contribution in [0.5, 0.6) is 5.75 Å². The number of rotatable bonds is 11. The number of hydrogen-bond donors (Lipinski definition) is 2. The molecule has 9 nitrogen and oxygen atoms in total. The van der Waals surface area contributed by atoms with Crippen molar-refractivity contribution >= 4 is 34.7 Å². The van der Waals surface area contributed by atoms with Crippen LogP contribution in [0.25, 0.3) is 0 Å². The van der Waals surface area contributed by atoms with E-state index >= 15 is 0 Å². The minimum Gasteiger partial charge on any atom is -0.497 e. The zero-order valence-electron chi connectivity index (χ0n) is 21.6. The van der Waals surface area contributed by atoms with E-state index in [-0.39, 0.29) is 5.91 Å². The van der Waals surface area contributed by atoms with Gasteiger partial charge in [0.2, 0.25) is 5.91 Å². The first kappa shape index (κ1) is 28.7. The van der Waals surface area contributed by atoms with Crippen LogP contribution in [0, 0.1) is 13.8 Å². The van der Waals surface area contributed by atoms with Crippen molar-refractivity contribution in [3.8, 4) is 5.75 Å². The summed E-state index contributed by atoms with van der Waals surface area (Å²) in [5.41, 5.74) is 1.01. The Hall–Kier alpha value is -2.86. The fourth-order valence-electron chi connectivity index (χ4n) is 4.08. The molecule has 11 heteroatoms. The van der Waals surface area contributed by atoms with Gasteiger partial charge in [-0.05, 0) is 70.0 Å². The molecule has 0 aliphatic heterocycles. The molecule has 3 N–H and O–H groups in total. The predicted octanol–water partition coefficient (Wildman–Crippen LogP) is 3.61. The van der Waals surface area contributed by atoms with E-state index in [1.165, 1.54) is 18.4 Å². The van der Waals surface area contributed by atoms with E-state index in [1.807, 2.05) is 55.1 Å². The Morgan fingerprint density at radius 2 is 1.95 bits per heavy atom. The summed E-state index contributed by atoms with van der Waals surface area (Å²) in [6.07, 6.45) is 4.01. The highest BCUT2D eigenvalue weighted by molar-refractivity contribution is 7.80. The average Bonchev–Trinajstić information content (AvgIpc) is 3.49. The molecule has 1 amide bonds. The maximum atomic E-state index is 13.8. The van der Waals surface area contributed by atoms with Crippen LogP contribution in [0.2, 0.25) is 0 Å². The van der Waals surface area contributed by atoms with Gasteiger partial charge >= 0.3 is 0 Å². The van der Waals surface area contributed by atoms with Crippen molar-refractivity contribution in [1.29, 1.82) is 0 Å². The Morgan fingerprint density at radius 1 is 1.27 bits per heavy atom. The number of carbonyl (C=O) groups is 2. The van der Waals surface area contributed by atoms with Gasteiger partial charge in [0.25, 0.3) is 0 Å². The molecule has 37 heavy (non-hydrogen) atoms. The molecule has 1 unspecified atom stereocenters. The summed E-state index contributed by atoms with van der Waals surface area (Å²) in [4.78, 5) is 32.2. The van der Waals surface area contributed by atoms with Gasteiger partial charge in [0.15, 0.2) is 17.5 Å². The van der Waals surface area contributed by atoms with Gasteiger partial charge < -0.3 is 14.1 Å². The Kier molecular flexibility index (Phi) is 10.2. The van der Waals surface area contributed by atoms with Gasteiger partial charge in [-0.15, -0.1) is 11.3 Å². The second-order valence-electron chi connectivity index (χ2n) is 8.82. The number of nitrogens with two attached hydrogens (primary N) is 1. The highest BCUT2D eigenvalue weighted by Crippen LogP contribution is 2.50. The molecular weight excluding hydrogens is 512 g/mol. The molecule has 0 saturated heterocycles. The lowest BCUT2D eigenvalue weighted by Crippen LogP contribution is -2.39. The number of hydrogen-bond acceptors (Lipinski definition) is 7. The van der Waals surface area contributed by atoms with E-state index < -0.39 is 16.6 Å². The third-order valence-corrected chi connectivity index (χ3v) is 7.63. The van der Waals surface area contributed by atoms with Gasteiger partial charge in [-0.2, -0.15) is 0 Å². The number of amides is 1. The van der Waals surface area contributed by atoms with E-state index in [0.29, 0.717) is 18.8 Å². The van der Waals surface area contributed by atoms with Crippen LogP contribution in [0.15, 0.2) is 40.8 Å². The number of aryl methyl sites for hydroxylation is 3. The number of furan rings is 1. The number of nitrogens with zero attached hydrogens (tertiary/aromatic N) is 2. The zero-order valence-corrected chi connectivity index (χ0v) is 23.2. The first-order chi connectivity index (χ1) is 17.7. The molecule has 0 radical (unpaired) electrons. The van der Waals surface area contributed by atoms with Crippen LogP contribution in [0.3, 0.4) is 0 Å². The smallest absolute Gasteiger partial charge is 0.233 e. The molecule has 200 valence electrons. The molecule has 1 saturated carbocycles. The zero-order chi connectivity index (χ0) is 27.0. The largest absolute Gasteiger partial charge is 0.497 e. The van der Waals surface area contributed by atoms with Crippen molar-refractivity contribution in [3.63, 3.8) is 0 Å². The van der Waals surface area contributed by atoms with Crippen LogP contribution < -0.4 is 14.6 Å². The van der Waals surface area contributed by atoms with Gasteiger partial charge in [0.05, 0.1) is 19.1 Å². The summed E-state index contributed by atoms with van der Waals surface area (Å²) < 4.78 is 22.8. The molecule has 3 aromatic rings. The summed E-state index contributed by atoms with van der Waals surface area (Å²) in [6, 6.07) is 11.7. The Bertz CT molecular complexity index is 1220. The van der Waals surface area contributed by atoms with Crippen LogP contribution in [-0.4, -0.2) is 47.0 Å². The second-order valence-corrected chi connectivity index (χ2v) is 11.1. The first-order valence-electron chi connectivity index (χ1n) is 12.0. The first-order valence-corrected chi connectivity index (χ1v) is 14.0. The average molecular weight is 547 g/mol. The molecule has 1 atom stereocenters. The summed E-state index contributed by atoms with van der Waals surface area (Å²) >= 11 is 0.156. The summed E-state index contributed by atoms with van der Waals surface area (Å²) in [7, 11) is 3.16. The molecule has 1 fully saturated rings. The molecule has 2 heterocycles. The Morgan fingerprint density at radius 3 is 2.43 bits per heavy atom. The van der Waals surface area contributed by atoms with Crippen molar-refractivity contribution in [2.45, 2.75) is 51.5 Å². The quantitative estimate of drug-likeness (QED) is 0.354. The predicted molar refractivity (Wildman–Crippen MR) is 145 cm³/mol. The number of aldehydes is 1. The third kappa shape index (κ3) is 7.57. The number of carbonyl (C=O) groups excluding carboxylic acids is 2. The molecule has 1 aliphatic rings. The van der Waals surface area contributed by atoms with Crippen LogP contribution in [0.4, 0.5) is 0 Å². The summed E-state index contributed by atoms with van der Waals surface area (Å²) in [6.45, 7) is 4.83. The van der Waals surface area contributed by atoms with Crippen molar-refractivity contribution in [2.24, 2.45) is 5.14 Å². The number of ether oxygens (including phenoxy) is 1. The Balaban J connectivity index is 0.000000695. The molecule has 2 aromatic heterocycles. The lowest BCUT2D eigenvalue weighted by atomic mass is 9.94. The fourth-order valence-corrected chi connectivity index (χ4v) is 5.00. The fraction of sp³-hybridized carbons (Fsp3) is 0.423. The standard InChI is InChI=1S/C25H28N2O4S.CH6N2OS/c1-17-6-9-21(31-17)5-4-14-27(15-23-26-22(16-28)18(2)32-23)24(29)25(12-13-25)19-7-10-20(30-3)11-8-19;1-3-5(2)4/h6-11,16H,4-5,12-15H2,1-3H3;3H,2H2,1H3. The SMILES string of the molecule is CNS(N)=O.COc1ccc(C2(C(=O)N(CCCc3ccc(C)o3)Cc3nc(C=O)c(C)s3)CC2)cc1. The Labute approximate surface area is 224 Å². The lowest BCUT2D eigenvalue weighted by molar-refractivity contribution is -0.134. The molecule has 1 aromatic carbocycles. The number of aromatic nitrogens is 1. The van der Waals surface area contributed by atoms with E-state index in [4.69, 9.17) is 9.15 Å². The van der Waals surface area contributed by atoms with E-state index in [0.717, 1.165) is 64.7 Å². The topological polar surface area (TPSA) is 128 Å². The minimum absolute atomic E-state index is 0.124. The number of thiazole rings is 1. The van der Waals surface area contributed by atoms with Crippen molar-refractivity contribution in [1.82, 2.24) is 14.6 Å². The number of methoxy groups -OCH3 is 1. The highest BCUT2D eigenvalue weighted by atomic mass is 32.2. The molecular formula is C26H34N4O5S2. The van der Waals surface area contributed by atoms with E-state index in [2.05, 4.69) is 14.8 Å². The summed E-state index contributed by atoms with van der Waals surface area (Å²) in [5, 5.41) is 5.44. The highest BCUT2D eigenvalue weighted by Gasteiger charge is 2.53. The van der Waals surface area contributed by atoms with Gasteiger partial charge in [-0.25, -0.2) is 19.1 Å². The monoisotopic (exact) mass is 546 g/mol. The molecule has 1 aliphatic carbocycles. The van der Waals surface area contributed by atoms with Crippen LogP contribution >= 0.6 is 11.3 Å². The van der Waals surface area contributed by atoms with Crippen LogP contribution in [0.1, 0.15) is 56.7 Å². The normalized spacial score (nSPS) is 14.3. The molecule has 4 rings (SSSR count). The van der Waals surface area contributed by atoms with Gasteiger partial charge in [0, 0.05) is 17.8 Å². The van der Waals surface area contributed by atoms with E-state index in [1.54, 1.807) is 7.11 Å². The maximum absolute atomic E-state index is 13.8. The van der Waals surface area contributed by atoms with Gasteiger partial charge in [-0.3, -0.25) is 9.59 Å². The van der Waals surface area contributed by atoms with E-state index in [9.17, 15) is 13.8 Å². The maximum Gasteiger partial charge on any atom is 0.233 e. The molecule has 0 bridgehead atoms. The second kappa shape index (κ2) is 13.1. The lowest BCUT2D eigenvalue weighted by Gasteiger charge is -2.27. The van der Waals surface area contributed by atoms with Crippen LogP contribution in [-0.2, 0) is 34.3 Å². The van der Waals surface area contributed by atoms with Crippen molar-refractivity contribution < 1.29 is 23.0 Å². The van der Waals surface area contributed by atoms with Gasteiger partial charge in [0.1, 0.15) is 28.0 Å². The summed E-state index contributed by atoms with van der Waals surface area (Å²) in [5.74, 6) is 2.73. The minimum atomic E-state index is -1.32. The third-order valence-electron chi connectivity index (χ3n) is 6.25. The van der Waals surface area contributed by atoms with Gasteiger partial charge in [-0.1, -0.05) is 12.1 Å². The van der Waals surface area contributed by atoms with Crippen molar-refractivity contribution in [2.75, 3.05) is 20.7 Å². The van der Waals surface area contributed by atoms with Crippen molar-refractivity contribution in [3.05, 3.63) is 69.1 Å².